The Kier molecular flexibility index (Phi) is 4.59. The Morgan fingerprint density at radius 2 is 2.00 bits per heavy atom. The van der Waals surface area contributed by atoms with E-state index in [1.807, 2.05) is 39.0 Å². The number of nitrogens with zero attached hydrogens (tertiary/aromatic N) is 2. The van der Waals surface area contributed by atoms with Crippen molar-refractivity contribution in [3.63, 3.8) is 0 Å². The first-order valence-corrected chi connectivity index (χ1v) is 7.86. The minimum atomic E-state index is -1.33. The van der Waals surface area contributed by atoms with E-state index in [-0.39, 0.29) is 0 Å². The van der Waals surface area contributed by atoms with Crippen LogP contribution in [0.1, 0.15) is 26.3 Å². The van der Waals surface area contributed by atoms with Gasteiger partial charge in [0.25, 0.3) is 0 Å². The lowest BCUT2D eigenvalue weighted by Gasteiger charge is -2.17. The summed E-state index contributed by atoms with van der Waals surface area (Å²) in [5.74, 6) is 0. The number of benzene rings is 1. The van der Waals surface area contributed by atoms with E-state index >= 15 is 0 Å². The number of hydrogen-bond donors (Lipinski definition) is 0. The molecule has 0 saturated heterocycles. The van der Waals surface area contributed by atoms with Crippen LogP contribution in [0.4, 0.5) is 0 Å². The number of hydrogen-bond acceptors (Lipinski definition) is 3. The second-order valence-electron chi connectivity index (χ2n) is 5.28. The molecule has 2 rings (SSSR count). The molecule has 0 spiro atoms. The Labute approximate surface area is 131 Å². The van der Waals surface area contributed by atoms with Crippen LogP contribution in [-0.2, 0) is 11.4 Å². The Morgan fingerprint density at radius 3 is 2.65 bits per heavy atom. The third-order valence-corrected chi connectivity index (χ3v) is 4.54. The molecule has 0 aliphatic carbocycles. The first kappa shape index (κ1) is 15.6. The lowest BCUT2D eigenvalue weighted by atomic mass is 10.2. The van der Waals surface area contributed by atoms with E-state index in [0.717, 1.165) is 5.39 Å². The van der Waals surface area contributed by atoms with Gasteiger partial charge in [0.15, 0.2) is 0 Å². The van der Waals surface area contributed by atoms with Gasteiger partial charge in [0.05, 0.1) is 16.8 Å². The van der Waals surface area contributed by atoms with E-state index in [1.165, 1.54) is 6.21 Å². The molecule has 0 amide bonds. The zero-order valence-corrected chi connectivity index (χ0v) is 13.7. The summed E-state index contributed by atoms with van der Waals surface area (Å²) in [6.45, 7) is 5.58. The van der Waals surface area contributed by atoms with Crippen molar-refractivity contribution in [2.75, 3.05) is 0 Å². The van der Waals surface area contributed by atoms with Gasteiger partial charge < -0.3 is 4.55 Å². The smallest absolute Gasteiger partial charge is 0.144 e. The van der Waals surface area contributed by atoms with Crippen LogP contribution in [0.5, 0.6) is 0 Å². The van der Waals surface area contributed by atoms with Crippen LogP contribution in [-0.4, -0.2) is 20.5 Å². The summed E-state index contributed by atoms with van der Waals surface area (Å²) in [6.07, 6.45) is 1.50. The van der Waals surface area contributed by atoms with Crippen LogP contribution in [0.25, 0.3) is 10.9 Å². The molecule has 106 valence electrons. The molecule has 1 heterocycles. The van der Waals surface area contributed by atoms with Crippen LogP contribution in [0.15, 0.2) is 28.7 Å². The normalized spacial score (nSPS) is 14.1. The van der Waals surface area contributed by atoms with Gasteiger partial charge in [0, 0.05) is 10.9 Å². The highest BCUT2D eigenvalue weighted by atomic mass is 35.5. The minimum absolute atomic E-state index is 0.292. The maximum Gasteiger partial charge on any atom is 0.144 e. The predicted octanol–water partition coefficient (Wildman–Crippen LogP) is 4.42. The molecule has 6 heteroatoms. The van der Waals surface area contributed by atoms with E-state index in [0.29, 0.717) is 21.3 Å². The number of para-hydroxylation sites is 1. The van der Waals surface area contributed by atoms with Crippen LogP contribution in [0, 0.1) is 0 Å². The fourth-order valence-electron chi connectivity index (χ4n) is 1.51. The summed E-state index contributed by atoms with van der Waals surface area (Å²) >= 11 is 10.9. The maximum absolute atomic E-state index is 11.9. The molecule has 1 atom stereocenters. The quantitative estimate of drug-likeness (QED) is 0.465. The summed E-state index contributed by atoms with van der Waals surface area (Å²) < 4.78 is 15.5. The van der Waals surface area contributed by atoms with Crippen LogP contribution >= 0.6 is 23.2 Å². The molecule has 2 aromatic rings. The molecule has 20 heavy (non-hydrogen) atoms. The Hall–Kier alpha value is -0.810. The summed E-state index contributed by atoms with van der Waals surface area (Å²) in [6, 6.07) is 7.33. The Balaban J connectivity index is 2.41. The third kappa shape index (κ3) is 3.44. The first-order valence-electron chi connectivity index (χ1n) is 6.00. The van der Waals surface area contributed by atoms with Gasteiger partial charge in [-0.25, -0.2) is 4.98 Å². The molecule has 3 nitrogen and oxygen atoms in total. The highest BCUT2D eigenvalue weighted by molar-refractivity contribution is 7.91. The monoisotopic (exact) mass is 328 g/mol. The molecule has 0 fully saturated rings. The highest BCUT2D eigenvalue weighted by Gasteiger charge is 2.25. The Bertz CT molecular complexity index is 668. The van der Waals surface area contributed by atoms with Crippen molar-refractivity contribution < 1.29 is 4.55 Å². The molecule has 1 aromatic heterocycles. The molecule has 0 radical (unpaired) electrons. The Morgan fingerprint density at radius 1 is 1.30 bits per heavy atom. The van der Waals surface area contributed by atoms with E-state index in [1.54, 1.807) is 6.07 Å². The highest BCUT2D eigenvalue weighted by Crippen LogP contribution is 2.25. The van der Waals surface area contributed by atoms with Crippen molar-refractivity contribution in [1.82, 2.24) is 4.98 Å². The van der Waals surface area contributed by atoms with Gasteiger partial charge in [0.2, 0.25) is 0 Å². The SMILES string of the molecule is CC(C)(C)[S+]([O-])/N=C/c1cc2cccc(Cl)c2nc1Cl. The summed E-state index contributed by atoms with van der Waals surface area (Å²) in [5, 5.41) is 1.70. The van der Waals surface area contributed by atoms with Crippen molar-refractivity contribution in [3.8, 4) is 0 Å². The average molecular weight is 329 g/mol. The maximum atomic E-state index is 11.9. The summed E-state index contributed by atoms with van der Waals surface area (Å²) in [4.78, 5) is 4.26. The lowest BCUT2D eigenvalue weighted by Crippen LogP contribution is -2.25. The number of aromatic nitrogens is 1. The first-order chi connectivity index (χ1) is 9.29. The van der Waals surface area contributed by atoms with Crippen molar-refractivity contribution >= 4 is 51.7 Å². The molecule has 0 aliphatic heterocycles. The lowest BCUT2D eigenvalue weighted by molar-refractivity contribution is 0.562. The number of halogens is 2. The summed E-state index contributed by atoms with van der Waals surface area (Å²) in [7, 11) is 0. The zero-order chi connectivity index (χ0) is 14.9. The number of fused-ring (bicyclic) bond motifs is 1. The zero-order valence-electron chi connectivity index (χ0n) is 11.4. The second-order valence-corrected chi connectivity index (χ2v) is 7.98. The topological polar surface area (TPSA) is 48.3 Å². The van der Waals surface area contributed by atoms with Gasteiger partial charge in [0.1, 0.15) is 21.3 Å². The average Bonchev–Trinajstić information content (AvgIpc) is 2.36. The van der Waals surface area contributed by atoms with E-state index in [2.05, 4.69) is 9.38 Å². The van der Waals surface area contributed by atoms with Crippen LogP contribution < -0.4 is 0 Å². The van der Waals surface area contributed by atoms with Gasteiger partial charge >= 0.3 is 0 Å². The van der Waals surface area contributed by atoms with Gasteiger partial charge in [-0.15, -0.1) is 0 Å². The third-order valence-electron chi connectivity index (χ3n) is 2.59. The standard InChI is InChI=1S/C14H14Cl2N2OS/c1-14(2,3)20(19)17-8-10-7-9-5-4-6-11(15)12(9)18-13(10)16/h4-8H,1-3H3/b17-8+. The molecule has 1 aromatic carbocycles. The molecule has 1 unspecified atom stereocenters. The fraction of sp³-hybridized carbons (Fsp3) is 0.286. The van der Waals surface area contributed by atoms with Crippen molar-refractivity contribution in [2.24, 2.45) is 4.40 Å². The van der Waals surface area contributed by atoms with Crippen molar-refractivity contribution in [2.45, 2.75) is 25.5 Å². The van der Waals surface area contributed by atoms with E-state index in [4.69, 9.17) is 23.2 Å². The fourth-order valence-corrected chi connectivity index (χ4v) is 2.45. The molecule has 0 N–H and O–H groups in total. The largest absolute Gasteiger partial charge is 0.591 e. The van der Waals surface area contributed by atoms with Crippen LogP contribution in [0.2, 0.25) is 10.2 Å². The predicted molar refractivity (Wildman–Crippen MR) is 87.3 cm³/mol. The van der Waals surface area contributed by atoms with E-state index < -0.39 is 16.1 Å². The molecule has 0 bridgehead atoms. The minimum Gasteiger partial charge on any atom is -0.591 e. The van der Waals surface area contributed by atoms with Crippen molar-refractivity contribution in [1.29, 1.82) is 0 Å². The second kappa shape index (κ2) is 5.90. The number of pyridine rings is 1. The van der Waals surface area contributed by atoms with E-state index in [9.17, 15) is 4.55 Å². The molecular formula is C14H14Cl2N2OS. The van der Waals surface area contributed by atoms with Crippen LogP contribution in [0.3, 0.4) is 0 Å². The summed E-state index contributed by atoms with van der Waals surface area (Å²) in [5.41, 5.74) is 1.27. The molecule has 0 aliphatic rings. The van der Waals surface area contributed by atoms with Gasteiger partial charge in [-0.1, -0.05) is 39.7 Å². The molecule has 0 saturated carbocycles. The van der Waals surface area contributed by atoms with Crippen molar-refractivity contribution in [3.05, 3.63) is 40.0 Å². The van der Waals surface area contributed by atoms with Gasteiger partial charge in [-0.2, -0.15) is 0 Å². The molecular weight excluding hydrogens is 315 g/mol. The van der Waals surface area contributed by atoms with Gasteiger partial charge in [-0.05, 0) is 32.9 Å². The van der Waals surface area contributed by atoms with Gasteiger partial charge in [-0.3, -0.25) is 0 Å². The number of rotatable bonds is 2.